The van der Waals surface area contributed by atoms with Crippen molar-refractivity contribution in [1.29, 1.82) is 0 Å². The standard InChI is InChI=1S/C14H24N2O2S2/c1-6-16(8-9(3)4)13-11(19-5)10(15)12(20-13)14(17)18-7-2/h9H,6-8,15H2,1-5H3. The van der Waals surface area contributed by atoms with E-state index >= 15 is 0 Å². The highest BCUT2D eigenvalue weighted by atomic mass is 32.2. The molecule has 0 aliphatic heterocycles. The summed E-state index contributed by atoms with van der Waals surface area (Å²) in [7, 11) is 0. The molecule has 1 rings (SSSR count). The molecule has 0 saturated heterocycles. The van der Waals surface area contributed by atoms with Crippen molar-refractivity contribution in [3.8, 4) is 0 Å². The number of nitrogens with zero attached hydrogens (tertiary/aromatic N) is 1. The lowest BCUT2D eigenvalue weighted by Crippen LogP contribution is -2.26. The second-order valence-electron chi connectivity index (χ2n) is 4.84. The van der Waals surface area contributed by atoms with Crippen LogP contribution in [0, 0.1) is 5.92 Å². The third-order valence-corrected chi connectivity index (χ3v) is 5.00. The molecular weight excluding hydrogens is 292 g/mol. The lowest BCUT2D eigenvalue weighted by molar-refractivity contribution is 0.0533. The molecule has 0 radical (unpaired) electrons. The number of ether oxygens (including phenoxy) is 1. The molecule has 0 unspecified atom stereocenters. The van der Waals surface area contributed by atoms with Crippen LogP contribution in [0.3, 0.4) is 0 Å². The SMILES string of the molecule is CCOC(=O)c1sc(N(CC)CC(C)C)c(SC)c1N. The van der Waals surface area contributed by atoms with Crippen LogP contribution in [0.25, 0.3) is 0 Å². The van der Waals surface area contributed by atoms with Gasteiger partial charge in [-0.05, 0) is 26.0 Å². The summed E-state index contributed by atoms with van der Waals surface area (Å²) in [4.78, 5) is 15.7. The number of hydrogen-bond donors (Lipinski definition) is 1. The van der Waals surface area contributed by atoms with Gasteiger partial charge in [-0.3, -0.25) is 0 Å². The molecule has 0 spiro atoms. The highest BCUT2D eigenvalue weighted by Crippen LogP contribution is 2.44. The van der Waals surface area contributed by atoms with Gasteiger partial charge in [-0.25, -0.2) is 4.79 Å². The van der Waals surface area contributed by atoms with Crippen molar-refractivity contribution >= 4 is 39.8 Å². The Morgan fingerprint density at radius 3 is 2.55 bits per heavy atom. The zero-order valence-corrected chi connectivity index (χ0v) is 14.5. The zero-order valence-electron chi connectivity index (χ0n) is 12.9. The first-order valence-electron chi connectivity index (χ1n) is 6.84. The Morgan fingerprint density at radius 2 is 2.10 bits per heavy atom. The molecule has 20 heavy (non-hydrogen) atoms. The van der Waals surface area contributed by atoms with Gasteiger partial charge in [0.25, 0.3) is 0 Å². The van der Waals surface area contributed by atoms with E-state index in [-0.39, 0.29) is 5.97 Å². The van der Waals surface area contributed by atoms with E-state index in [1.165, 1.54) is 11.3 Å². The summed E-state index contributed by atoms with van der Waals surface area (Å²) >= 11 is 3.02. The maximum absolute atomic E-state index is 12.0. The fraction of sp³-hybridized carbons (Fsp3) is 0.643. The molecule has 0 aromatic carbocycles. The average molecular weight is 316 g/mol. The molecule has 6 heteroatoms. The van der Waals surface area contributed by atoms with Gasteiger partial charge in [0, 0.05) is 13.1 Å². The number of thioether (sulfide) groups is 1. The lowest BCUT2D eigenvalue weighted by atomic mass is 10.2. The maximum Gasteiger partial charge on any atom is 0.350 e. The Kier molecular flexibility index (Phi) is 6.68. The number of rotatable bonds is 7. The molecular formula is C14H24N2O2S2. The van der Waals surface area contributed by atoms with Crippen molar-refractivity contribution in [2.75, 3.05) is 36.6 Å². The maximum atomic E-state index is 12.0. The second-order valence-corrected chi connectivity index (χ2v) is 6.65. The first-order chi connectivity index (χ1) is 9.46. The quantitative estimate of drug-likeness (QED) is 0.614. The van der Waals surface area contributed by atoms with Gasteiger partial charge in [-0.1, -0.05) is 13.8 Å². The molecule has 1 heterocycles. The van der Waals surface area contributed by atoms with Gasteiger partial charge in [0.1, 0.15) is 9.88 Å². The van der Waals surface area contributed by atoms with Crippen molar-refractivity contribution in [2.45, 2.75) is 32.6 Å². The molecule has 0 aliphatic rings. The van der Waals surface area contributed by atoms with E-state index in [9.17, 15) is 4.79 Å². The smallest absolute Gasteiger partial charge is 0.350 e. The molecule has 0 aliphatic carbocycles. The van der Waals surface area contributed by atoms with Gasteiger partial charge in [-0.15, -0.1) is 23.1 Å². The number of thiophene rings is 1. The first kappa shape index (κ1) is 17.2. The van der Waals surface area contributed by atoms with Gasteiger partial charge in [-0.2, -0.15) is 0 Å². The van der Waals surface area contributed by atoms with Crippen molar-refractivity contribution in [2.24, 2.45) is 5.92 Å². The number of hydrogen-bond acceptors (Lipinski definition) is 6. The summed E-state index contributed by atoms with van der Waals surface area (Å²) in [5.74, 6) is 0.233. The van der Waals surface area contributed by atoms with E-state index < -0.39 is 0 Å². The summed E-state index contributed by atoms with van der Waals surface area (Å²) in [5, 5.41) is 1.08. The summed E-state index contributed by atoms with van der Waals surface area (Å²) in [6.45, 7) is 10.5. The van der Waals surface area contributed by atoms with E-state index in [0.29, 0.717) is 23.1 Å². The van der Waals surface area contributed by atoms with Crippen molar-refractivity contribution in [1.82, 2.24) is 0 Å². The van der Waals surface area contributed by atoms with Gasteiger partial charge in [0.05, 0.1) is 17.2 Å². The molecule has 2 N–H and O–H groups in total. The van der Waals surface area contributed by atoms with Gasteiger partial charge < -0.3 is 15.4 Å². The topological polar surface area (TPSA) is 55.6 Å². The third kappa shape index (κ3) is 3.82. The van der Waals surface area contributed by atoms with Crippen molar-refractivity contribution < 1.29 is 9.53 Å². The minimum atomic E-state index is -0.322. The minimum Gasteiger partial charge on any atom is -0.462 e. The largest absolute Gasteiger partial charge is 0.462 e. The number of anilines is 2. The Morgan fingerprint density at radius 1 is 1.45 bits per heavy atom. The highest BCUT2D eigenvalue weighted by molar-refractivity contribution is 7.99. The summed E-state index contributed by atoms with van der Waals surface area (Å²) in [6.07, 6.45) is 1.99. The van der Waals surface area contributed by atoms with Crippen LogP contribution in [-0.2, 0) is 4.74 Å². The van der Waals surface area contributed by atoms with E-state index in [1.807, 2.05) is 6.26 Å². The molecule has 0 atom stereocenters. The van der Waals surface area contributed by atoms with Crippen LogP contribution in [0.1, 0.15) is 37.4 Å². The molecule has 1 aromatic heterocycles. The molecule has 0 bridgehead atoms. The molecule has 0 amide bonds. The minimum absolute atomic E-state index is 0.322. The predicted octanol–water partition coefficient (Wildman–Crippen LogP) is 3.71. The normalized spacial score (nSPS) is 10.9. The summed E-state index contributed by atoms with van der Waals surface area (Å²) < 4.78 is 5.08. The Hall–Kier alpha value is -0.880. The molecule has 1 aromatic rings. The van der Waals surface area contributed by atoms with Gasteiger partial charge in [0.2, 0.25) is 0 Å². The Bertz CT molecular complexity index is 458. The van der Waals surface area contributed by atoms with Gasteiger partial charge >= 0.3 is 5.97 Å². The van der Waals surface area contributed by atoms with Crippen LogP contribution in [0.4, 0.5) is 10.7 Å². The molecule has 0 saturated carbocycles. The molecule has 4 nitrogen and oxygen atoms in total. The highest BCUT2D eigenvalue weighted by Gasteiger charge is 2.24. The van der Waals surface area contributed by atoms with Crippen LogP contribution in [0.5, 0.6) is 0 Å². The van der Waals surface area contributed by atoms with Crippen LogP contribution < -0.4 is 10.6 Å². The number of nitrogen functional groups attached to an aromatic ring is 1. The summed E-state index contributed by atoms with van der Waals surface area (Å²) in [5.41, 5.74) is 6.69. The lowest BCUT2D eigenvalue weighted by Gasteiger charge is -2.24. The number of carbonyl (C=O) groups excluding carboxylic acids is 1. The number of nitrogens with two attached hydrogens (primary N) is 1. The third-order valence-electron chi connectivity index (χ3n) is 2.80. The van der Waals surface area contributed by atoms with Crippen molar-refractivity contribution in [3.63, 3.8) is 0 Å². The average Bonchev–Trinajstić information content (AvgIpc) is 2.73. The zero-order chi connectivity index (χ0) is 15.3. The fourth-order valence-electron chi connectivity index (χ4n) is 1.97. The Labute approximate surface area is 129 Å². The van der Waals surface area contributed by atoms with E-state index in [1.54, 1.807) is 18.7 Å². The second kappa shape index (κ2) is 7.78. The predicted molar refractivity (Wildman–Crippen MR) is 89.2 cm³/mol. The Balaban J connectivity index is 3.18. The molecule has 0 fully saturated rings. The van der Waals surface area contributed by atoms with Crippen LogP contribution in [0.15, 0.2) is 4.90 Å². The monoisotopic (exact) mass is 316 g/mol. The number of esters is 1. The van der Waals surface area contributed by atoms with Crippen LogP contribution in [-0.4, -0.2) is 31.9 Å². The van der Waals surface area contributed by atoms with E-state index in [0.717, 1.165) is 23.0 Å². The van der Waals surface area contributed by atoms with E-state index in [2.05, 4.69) is 25.7 Å². The molecule has 114 valence electrons. The van der Waals surface area contributed by atoms with Crippen LogP contribution in [0.2, 0.25) is 0 Å². The summed E-state index contributed by atoms with van der Waals surface area (Å²) in [6, 6.07) is 0. The number of carbonyl (C=O) groups is 1. The first-order valence-corrected chi connectivity index (χ1v) is 8.88. The van der Waals surface area contributed by atoms with E-state index in [4.69, 9.17) is 10.5 Å². The van der Waals surface area contributed by atoms with Gasteiger partial charge in [0.15, 0.2) is 0 Å². The fourth-order valence-corrected chi connectivity index (χ4v) is 4.11. The van der Waals surface area contributed by atoms with Crippen molar-refractivity contribution in [3.05, 3.63) is 4.88 Å². The van der Waals surface area contributed by atoms with Crippen LogP contribution >= 0.6 is 23.1 Å².